The van der Waals surface area contributed by atoms with Gasteiger partial charge in [-0.1, -0.05) is 12.1 Å². The van der Waals surface area contributed by atoms with Crippen LogP contribution in [0, 0.1) is 6.92 Å². The molecule has 19 heavy (non-hydrogen) atoms. The molecule has 1 aliphatic rings. The normalized spacial score (nSPS) is 16.3. The second kappa shape index (κ2) is 5.95. The molecule has 0 atom stereocenters. The molecule has 102 valence electrons. The number of benzene rings is 1. The Labute approximate surface area is 111 Å². The lowest BCUT2D eigenvalue weighted by molar-refractivity contribution is 0.0371. The van der Waals surface area contributed by atoms with Crippen molar-refractivity contribution in [3.05, 3.63) is 34.9 Å². The van der Waals surface area contributed by atoms with Crippen molar-refractivity contribution in [2.75, 3.05) is 32.8 Å². The van der Waals surface area contributed by atoms with Crippen LogP contribution < -0.4 is 0 Å². The van der Waals surface area contributed by atoms with Crippen molar-refractivity contribution in [3.63, 3.8) is 0 Å². The fourth-order valence-corrected chi connectivity index (χ4v) is 2.08. The molecule has 1 heterocycles. The summed E-state index contributed by atoms with van der Waals surface area (Å²) in [7, 11) is 0. The van der Waals surface area contributed by atoms with Gasteiger partial charge in [-0.05, 0) is 18.6 Å². The largest absolute Gasteiger partial charge is 0.478 e. The number of aromatic carboxylic acids is 1. The first-order valence-electron chi connectivity index (χ1n) is 6.25. The van der Waals surface area contributed by atoms with Crippen LogP contribution in [0.4, 0.5) is 0 Å². The highest BCUT2D eigenvalue weighted by Crippen LogP contribution is 2.12. The molecule has 0 saturated carbocycles. The molecule has 1 aromatic carbocycles. The van der Waals surface area contributed by atoms with Crippen LogP contribution in [0.25, 0.3) is 0 Å². The number of carboxylic acid groups (broad SMARTS) is 1. The lowest BCUT2D eigenvalue weighted by atomic mass is 10.0. The van der Waals surface area contributed by atoms with Gasteiger partial charge in [-0.3, -0.25) is 9.69 Å². The molecule has 5 nitrogen and oxygen atoms in total. The van der Waals surface area contributed by atoms with Gasteiger partial charge in [0.25, 0.3) is 0 Å². The van der Waals surface area contributed by atoms with Crippen LogP contribution in [0.15, 0.2) is 18.2 Å². The van der Waals surface area contributed by atoms with Crippen molar-refractivity contribution in [1.29, 1.82) is 0 Å². The molecule has 2 rings (SSSR count). The smallest absolute Gasteiger partial charge is 0.335 e. The Hall–Kier alpha value is -1.72. The maximum absolute atomic E-state index is 12.1. The van der Waals surface area contributed by atoms with Crippen LogP contribution in [0.1, 0.15) is 26.3 Å². The number of carbonyl (C=O) groups is 2. The number of hydrogen-bond acceptors (Lipinski definition) is 4. The van der Waals surface area contributed by atoms with Crippen LogP contribution in [0.5, 0.6) is 0 Å². The number of ether oxygens (including phenoxy) is 1. The third kappa shape index (κ3) is 3.39. The number of ketones is 1. The maximum Gasteiger partial charge on any atom is 0.335 e. The summed E-state index contributed by atoms with van der Waals surface area (Å²) < 4.78 is 5.22. The minimum absolute atomic E-state index is 0.0515. The van der Waals surface area contributed by atoms with Crippen molar-refractivity contribution in [3.8, 4) is 0 Å². The van der Waals surface area contributed by atoms with Crippen LogP contribution in [0.2, 0.25) is 0 Å². The number of nitrogens with zero attached hydrogens (tertiary/aromatic N) is 1. The Morgan fingerprint density at radius 1 is 1.32 bits per heavy atom. The molecule has 1 N–H and O–H groups in total. The van der Waals surface area contributed by atoms with Gasteiger partial charge in [0.05, 0.1) is 25.3 Å². The first kappa shape index (κ1) is 13.7. The predicted molar refractivity (Wildman–Crippen MR) is 69.7 cm³/mol. The summed E-state index contributed by atoms with van der Waals surface area (Å²) in [6.07, 6.45) is 0. The van der Waals surface area contributed by atoms with Gasteiger partial charge in [0.2, 0.25) is 0 Å². The zero-order valence-corrected chi connectivity index (χ0v) is 10.9. The molecule has 0 spiro atoms. The van der Waals surface area contributed by atoms with E-state index in [1.807, 2.05) is 4.90 Å². The van der Waals surface area contributed by atoms with Gasteiger partial charge in [0.15, 0.2) is 5.78 Å². The SMILES string of the molecule is Cc1ccc(C(=O)CN2CCOCC2)cc1C(=O)O. The fourth-order valence-electron chi connectivity index (χ4n) is 2.08. The topological polar surface area (TPSA) is 66.8 Å². The average molecular weight is 263 g/mol. The molecule has 1 saturated heterocycles. The van der Waals surface area contributed by atoms with Crippen LogP contribution in [0.3, 0.4) is 0 Å². The lowest BCUT2D eigenvalue weighted by Gasteiger charge is -2.25. The average Bonchev–Trinajstić information content (AvgIpc) is 2.40. The highest BCUT2D eigenvalue weighted by molar-refractivity contribution is 6.00. The molecule has 5 heteroatoms. The molecule has 0 radical (unpaired) electrons. The lowest BCUT2D eigenvalue weighted by Crippen LogP contribution is -2.39. The second-order valence-corrected chi connectivity index (χ2v) is 4.65. The highest BCUT2D eigenvalue weighted by atomic mass is 16.5. The van der Waals surface area contributed by atoms with Gasteiger partial charge in [0, 0.05) is 18.7 Å². The van der Waals surface area contributed by atoms with Gasteiger partial charge < -0.3 is 9.84 Å². The summed E-state index contributed by atoms with van der Waals surface area (Å²) in [5, 5.41) is 9.06. The number of morpholine rings is 1. The van der Waals surface area contributed by atoms with Gasteiger partial charge in [-0.25, -0.2) is 4.79 Å². The van der Waals surface area contributed by atoms with Crippen molar-refractivity contribution in [1.82, 2.24) is 4.90 Å². The number of Topliss-reactive ketones (excluding diaryl/α,β-unsaturated/α-hetero) is 1. The quantitative estimate of drug-likeness (QED) is 0.827. The zero-order valence-electron chi connectivity index (χ0n) is 10.9. The number of carbonyl (C=O) groups excluding carboxylic acids is 1. The molecule has 0 bridgehead atoms. The first-order chi connectivity index (χ1) is 9.08. The third-order valence-electron chi connectivity index (χ3n) is 3.26. The molecule has 1 fully saturated rings. The summed E-state index contributed by atoms with van der Waals surface area (Å²) in [6, 6.07) is 4.82. The molecule has 0 aromatic heterocycles. The van der Waals surface area contributed by atoms with Crippen molar-refractivity contribution in [2.24, 2.45) is 0 Å². The van der Waals surface area contributed by atoms with E-state index in [0.717, 1.165) is 13.1 Å². The monoisotopic (exact) mass is 263 g/mol. The van der Waals surface area contributed by atoms with E-state index in [9.17, 15) is 9.59 Å². The predicted octanol–water partition coefficient (Wildman–Crippen LogP) is 1.21. The van der Waals surface area contributed by atoms with Crippen molar-refractivity contribution in [2.45, 2.75) is 6.92 Å². The van der Waals surface area contributed by atoms with Crippen LogP contribution in [-0.2, 0) is 4.74 Å². The number of rotatable bonds is 4. The van der Waals surface area contributed by atoms with Gasteiger partial charge in [0.1, 0.15) is 0 Å². The number of hydrogen-bond donors (Lipinski definition) is 1. The molecule has 0 unspecified atom stereocenters. The molecule has 0 amide bonds. The van der Waals surface area contributed by atoms with Gasteiger partial charge >= 0.3 is 5.97 Å². The van der Waals surface area contributed by atoms with E-state index in [2.05, 4.69) is 0 Å². The van der Waals surface area contributed by atoms with Crippen molar-refractivity contribution < 1.29 is 19.4 Å². The Bertz CT molecular complexity index is 492. The highest BCUT2D eigenvalue weighted by Gasteiger charge is 2.17. The summed E-state index contributed by atoms with van der Waals surface area (Å²) in [6.45, 7) is 4.79. The van der Waals surface area contributed by atoms with Crippen LogP contribution >= 0.6 is 0 Å². The minimum atomic E-state index is -1.00. The Morgan fingerprint density at radius 2 is 2.00 bits per heavy atom. The Morgan fingerprint density at radius 3 is 2.63 bits per heavy atom. The van der Waals surface area contributed by atoms with E-state index in [-0.39, 0.29) is 11.3 Å². The van der Waals surface area contributed by atoms with Crippen molar-refractivity contribution >= 4 is 11.8 Å². The summed E-state index contributed by atoms with van der Waals surface area (Å²) in [5.74, 6) is -1.05. The van der Waals surface area contributed by atoms with E-state index in [1.54, 1.807) is 19.1 Å². The molecule has 1 aromatic rings. The summed E-state index contributed by atoms with van der Waals surface area (Å²) >= 11 is 0. The van der Waals surface area contributed by atoms with Crippen LogP contribution in [-0.4, -0.2) is 54.6 Å². The van der Waals surface area contributed by atoms with Gasteiger partial charge in [-0.15, -0.1) is 0 Å². The molecular weight excluding hydrogens is 246 g/mol. The maximum atomic E-state index is 12.1. The Kier molecular flexibility index (Phi) is 4.29. The number of carboxylic acids is 1. The van der Waals surface area contributed by atoms with E-state index >= 15 is 0 Å². The first-order valence-corrected chi connectivity index (χ1v) is 6.25. The molecule has 0 aliphatic carbocycles. The zero-order chi connectivity index (χ0) is 13.8. The van der Waals surface area contributed by atoms with E-state index in [0.29, 0.717) is 30.9 Å². The molecular formula is C14H17NO4. The fraction of sp³-hybridized carbons (Fsp3) is 0.429. The third-order valence-corrected chi connectivity index (χ3v) is 3.26. The van der Waals surface area contributed by atoms with E-state index < -0.39 is 5.97 Å². The van der Waals surface area contributed by atoms with E-state index in [4.69, 9.17) is 9.84 Å². The second-order valence-electron chi connectivity index (χ2n) is 4.65. The minimum Gasteiger partial charge on any atom is -0.478 e. The van der Waals surface area contributed by atoms with Gasteiger partial charge in [-0.2, -0.15) is 0 Å². The number of aryl methyl sites for hydroxylation is 1. The molecule has 1 aliphatic heterocycles. The summed E-state index contributed by atoms with van der Waals surface area (Å²) in [5.41, 5.74) is 1.30. The summed E-state index contributed by atoms with van der Waals surface area (Å²) in [4.78, 5) is 25.2. The standard InChI is InChI=1S/C14H17NO4/c1-10-2-3-11(8-12(10)14(17)18)13(16)9-15-4-6-19-7-5-15/h2-3,8H,4-7,9H2,1H3,(H,17,18). The Balaban J connectivity index is 2.10. The van der Waals surface area contributed by atoms with E-state index in [1.165, 1.54) is 6.07 Å².